The van der Waals surface area contributed by atoms with Crippen LogP contribution in [0.25, 0.3) is 21.7 Å². The van der Waals surface area contributed by atoms with Gasteiger partial charge in [0.1, 0.15) is 17.8 Å². The first-order valence-corrected chi connectivity index (χ1v) is 25.0. The second kappa shape index (κ2) is 19.9. The molecule has 0 spiro atoms. The van der Waals surface area contributed by atoms with Crippen molar-refractivity contribution in [2.75, 3.05) is 40.5 Å². The molecule has 7 N–H and O–H groups in total. The van der Waals surface area contributed by atoms with Gasteiger partial charge in [0.05, 0.1) is 33.6 Å². The molecule has 2 bridgehead atoms. The van der Waals surface area contributed by atoms with Crippen LogP contribution in [0.4, 0.5) is 23.1 Å². The number of thiazole rings is 1. The van der Waals surface area contributed by atoms with Crippen molar-refractivity contribution >= 4 is 58.1 Å². The monoisotopic (exact) mass is 970 g/mol. The summed E-state index contributed by atoms with van der Waals surface area (Å²) in [6.45, 7) is 10.5. The summed E-state index contributed by atoms with van der Waals surface area (Å²) >= 11 is 1.50. The number of phenolic OH excluding ortho intramolecular Hbond substituents is 1. The number of nitrogens with one attached hydrogen (secondary N) is 3. The number of benzene rings is 2. The number of β-amino-alcohol motifs (C(OH)–C–C–N with tert-alkyl or cyclic N) is 1. The number of piperazine rings is 1. The van der Waals surface area contributed by atoms with E-state index >= 15 is 0 Å². The summed E-state index contributed by atoms with van der Waals surface area (Å²) in [5.41, 5.74) is 13.4. The molecule has 5 aromatic rings. The summed E-state index contributed by atoms with van der Waals surface area (Å²) in [6, 6.07) is 13.0. The lowest BCUT2D eigenvalue weighted by molar-refractivity contribution is -0.144. The molecule has 368 valence electrons. The first-order chi connectivity index (χ1) is 33.5. The quantitative estimate of drug-likeness (QED) is 0.0898. The number of carbonyl (C=O) groups is 4. The van der Waals surface area contributed by atoms with Gasteiger partial charge in [0.15, 0.2) is 5.82 Å². The minimum absolute atomic E-state index is 0.0376. The number of likely N-dealkylation sites (tertiary alicyclic amines) is 1. The molecule has 4 amide bonds. The number of aromatic hydroxyl groups is 1. The van der Waals surface area contributed by atoms with Crippen LogP contribution in [0.3, 0.4) is 0 Å². The zero-order chi connectivity index (χ0) is 49.4. The van der Waals surface area contributed by atoms with Gasteiger partial charge < -0.3 is 46.6 Å². The number of amides is 4. The molecular weight excluding hydrogens is 909 g/mol. The van der Waals surface area contributed by atoms with Crippen molar-refractivity contribution in [2.45, 2.75) is 122 Å². The van der Waals surface area contributed by atoms with E-state index in [4.69, 9.17) is 15.7 Å². The number of nitrogen functional groups attached to an aromatic ring is 1. The van der Waals surface area contributed by atoms with E-state index in [1.807, 2.05) is 76.5 Å². The van der Waals surface area contributed by atoms with Gasteiger partial charge in [0, 0.05) is 81.2 Å². The Morgan fingerprint density at radius 1 is 0.900 bits per heavy atom. The first kappa shape index (κ1) is 48.3. The van der Waals surface area contributed by atoms with E-state index in [2.05, 4.69) is 40.9 Å². The molecule has 0 radical (unpaired) electrons. The molecule has 70 heavy (non-hydrogen) atoms. The van der Waals surface area contributed by atoms with Crippen LogP contribution in [0, 0.1) is 18.3 Å². The van der Waals surface area contributed by atoms with Crippen molar-refractivity contribution in [2.24, 2.45) is 11.3 Å². The number of nitrogens with two attached hydrogens (primary N) is 1. The number of phenols is 1. The number of aliphatic hydroxyl groups excluding tert-OH is 1. The van der Waals surface area contributed by atoms with Crippen molar-refractivity contribution in [3.05, 3.63) is 83.3 Å². The second-order valence-electron chi connectivity index (χ2n) is 20.3. The summed E-state index contributed by atoms with van der Waals surface area (Å²) in [5, 5.41) is 38.6. The number of aliphatic hydroxyl groups is 1. The molecule has 1 aliphatic carbocycles. The maximum Gasteiger partial charge on any atom is 0.246 e. The van der Waals surface area contributed by atoms with Crippen LogP contribution in [0.15, 0.2) is 66.4 Å². The molecule has 3 aliphatic heterocycles. The van der Waals surface area contributed by atoms with Crippen LogP contribution in [-0.2, 0) is 25.7 Å². The molecule has 4 fully saturated rings. The highest BCUT2D eigenvalue weighted by atomic mass is 32.1. The van der Waals surface area contributed by atoms with Crippen LogP contribution >= 0.6 is 11.3 Å². The van der Waals surface area contributed by atoms with Gasteiger partial charge in [-0.25, -0.2) is 15.0 Å². The van der Waals surface area contributed by atoms with Gasteiger partial charge in [-0.05, 0) is 97.7 Å². The number of aromatic nitrogens is 5. The van der Waals surface area contributed by atoms with Crippen LogP contribution in [0.1, 0.15) is 95.4 Å². The minimum Gasteiger partial charge on any atom is -0.507 e. The highest BCUT2D eigenvalue weighted by Crippen LogP contribution is 2.40. The third-order valence-corrected chi connectivity index (χ3v) is 15.4. The average Bonchev–Trinajstić information content (AvgIpc) is 4.03. The Bertz CT molecular complexity index is 2740. The number of nitrogens with zero attached hydrogens (tertiary/aromatic N) is 8. The van der Waals surface area contributed by atoms with Crippen LogP contribution < -0.4 is 31.5 Å². The Balaban J connectivity index is 0.793. The van der Waals surface area contributed by atoms with E-state index in [-0.39, 0.29) is 61.0 Å². The molecule has 9 rings (SSSR count). The third kappa shape index (κ3) is 10.1. The lowest BCUT2D eigenvalue weighted by Crippen LogP contribution is -2.58. The number of aryl methyl sites for hydroxylation is 1. The highest BCUT2D eigenvalue weighted by Gasteiger charge is 2.46. The van der Waals surface area contributed by atoms with Gasteiger partial charge in [-0.3, -0.25) is 19.2 Å². The molecule has 6 heterocycles. The van der Waals surface area contributed by atoms with Crippen LogP contribution in [0.5, 0.6) is 5.75 Å². The lowest BCUT2D eigenvalue weighted by Gasteiger charge is -2.42. The largest absolute Gasteiger partial charge is 0.507 e. The SMILES string of the molecule is CC(=O)Nc1cc(-c2scnc2C)ccc1CNC(=O)[C@@H]1C[C@@H](O)CN1C(=O)[C@@H](NC(=O)C1CCC(c2cnc(N3C4CC[C@@H]3CN(c3cc(-c5ccccc5O)nnc3N)C4)nc2)CC1)C(C)(C)C. The summed E-state index contributed by atoms with van der Waals surface area (Å²) in [4.78, 5) is 75.5. The smallest absolute Gasteiger partial charge is 0.246 e. The summed E-state index contributed by atoms with van der Waals surface area (Å²) in [5.74, 6) is -0.239. The van der Waals surface area contributed by atoms with Crippen LogP contribution in [0.2, 0.25) is 0 Å². The number of anilines is 4. The van der Waals surface area contributed by atoms with Crippen molar-refractivity contribution in [1.29, 1.82) is 0 Å². The van der Waals surface area contributed by atoms with Gasteiger partial charge in [0.2, 0.25) is 29.6 Å². The van der Waals surface area contributed by atoms with E-state index in [1.54, 1.807) is 17.6 Å². The molecule has 1 saturated carbocycles. The molecule has 3 aromatic heterocycles. The van der Waals surface area contributed by atoms with E-state index < -0.39 is 35.4 Å². The van der Waals surface area contributed by atoms with Gasteiger partial charge in [0.25, 0.3) is 0 Å². The van der Waals surface area contributed by atoms with Gasteiger partial charge in [-0.2, -0.15) is 0 Å². The number of hydrogen-bond acceptors (Lipinski definition) is 15. The molecule has 18 nitrogen and oxygen atoms in total. The Labute approximate surface area is 411 Å². The minimum atomic E-state index is -0.953. The first-order valence-electron chi connectivity index (χ1n) is 24.2. The fourth-order valence-electron chi connectivity index (χ4n) is 10.7. The Morgan fingerprint density at radius 3 is 2.27 bits per heavy atom. The van der Waals surface area contributed by atoms with E-state index in [0.29, 0.717) is 47.1 Å². The maximum atomic E-state index is 14.4. The van der Waals surface area contributed by atoms with Crippen molar-refractivity contribution in [3.8, 4) is 27.4 Å². The maximum absolute atomic E-state index is 14.4. The van der Waals surface area contributed by atoms with E-state index in [1.165, 1.54) is 23.2 Å². The number of carbonyl (C=O) groups excluding carboxylic acids is 4. The van der Waals surface area contributed by atoms with E-state index in [0.717, 1.165) is 66.2 Å². The zero-order valence-electron chi connectivity index (χ0n) is 40.3. The third-order valence-electron chi connectivity index (χ3n) is 14.4. The summed E-state index contributed by atoms with van der Waals surface area (Å²) in [6.07, 6.45) is 7.78. The van der Waals surface area contributed by atoms with Gasteiger partial charge in [-0.15, -0.1) is 21.5 Å². The predicted molar refractivity (Wildman–Crippen MR) is 268 cm³/mol. The lowest BCUT2D eigenvalue weighted by atomic mass is 9.78. The molecule has 5 atom stereocenters. The molecule has 3 saturated heterocycles. The number of rotatable bonds is 12. The average molecular weight is 971 g/mol. The zero-order valence-corrected chi connectivity index (χ0v) is 41.1. The molecule has 19 heteroatoms. The summed E-state index contributed by atoms with van der Waals surface area (Å²) in [7, 11) is 0. The van der Waals surface area contributed by atoms with Crippen molar-refractivity contribution in [3.63, 3.8) is 0 Å². The number of para-hydroxylation sites is 1. The van der Waals surface area contributed by atoms with E-state index in [9.17, 15) is 29.4 Å². The topological polar surface area (TPSA) is 245 Å². The highest BCUT2D eigenvalue weighted by molar-refractivity contribution is 7.13. The fourth-order valence-corrected chi connectivity index (χ4v) is 11.5. The molecule has 1 unspecified atom stereocenters. The number of fused-ring (bicyclic) bond motifs is 2. The number of hydrogen-bond donors (Lipinski definition) is 6. The Morgan fingerprint density at radius 2 is 1.61 bits per heavy atom. The van der Waals surface area contributed by atoms with Crippen molar-refractivity contribution in [1.82, 2.24) is 40.7 Å². The molecule has 2 aromatic carbocycles. The Kier molecular flexibility index (Phi) is 13.8. The molecule has 4 aliphatic rings. The van der Waals surface area contributed by atoms with Crippen molar-refractivity contribution < 1.29 is 29.4 Å². The van der Waals surface area contributed by atoms with Gasteiger partial charge >= 0.3 is 0 Å². The molecular formula is C51H62N12O6S. The normalized spacial score (nSPS) is 22.7. The predicted octanol–water partition coefficient (Wildman–Crippen LogP) is 5.55. The fraction of sp³-hybridized carbons (Fsp3) is 0.471. The summed E-state index contributed by atoms with van der Waals surface area (Å²) < 4.78 is 0. The van der Waals surface area contributed by atoms with Crippen LogP contribution in [-0.4, -0.2) is 114 Å². The Hall–Kier alpha value is -6.73. The standard InChI is InChI=1S/C51H62N12O6S/c1-28-44(70-27-56-28)32-14-15-33(39(18-32)57-29(2)64)21-53-48(68)42-19-37(65)26-62(42)49(69)45(51(3,4)5)58-47(67)31-12-10-30(11-13-31)34-22-54-50(55-23-34)63-35-16-17-36(63)25-61(24-35)41-20-40(59-60-46(41)52)38-8-6-7-9-43(38)66/h6-9,14-15,18,20,22-23,27,30-31,35-37,42,45,65-66H,10-13,16-17,19,21,24-26H2,1-5H3,(H2,52,60)(H,53,68)(H,57,64)(H,58,67)/t30?,31?,35-,36?,37-,42+,45-/m1/s1. The van der Waals surface area contributed by atoms with Gasteiger partial charge in [-0.1, -0.05) is 45.0 Å². The second-order valence-corrected chi connectivity index (χ2v) is 21.2.